The molecule has 8 heteroatoms. The van der Waals surface area contributed by atoms with E-state index in [0.29, 0.717) is 16.3 Å². The predicted octanol–water partition coefficient (Wildman–Crippen LogP) is 6.55. The number of allylic oxidation sites excluding steroid dienone is 1. The van der Waals surface area contributed by atoms with Crippen LogP contribution in [-0.2, 0) is 0 Å². The van der Waals surface area contributed by atoms with E-state index >= 15 is 0 Å². The van der Waals surface area contributed by atoms with Gasteiger partial charge in [-0.05, 0) is 48.7 Å². The zero-order chi connectivity index (χ0) is 21.9. The van der Waals surface area contributed by atoms with Crippen LogP contribution in [0.2, 0.25) is 5.02 Å². The van der Waals surface area contributed by atoms with Gasteiger partial charge in [0.05, 0.1) is 16.3 Å². The number of alkyl halides is 3. The monoisotopic (exact) mass is 437 g/mol. The van der Waals surface area contributed by atoms with E-state index in [9.17, 15) is 18.3 Å². The lowest BCUT2D eigenvalue weighted by Gasteiger charge is -2.17. The number of hydrogen-bond donors (Lipinski definition) is 2. The molecule has 0 aromatic heterocycles. The number of para-hydroxylation sites is 1. The standard InChI is InChI=1S/C22H19ClF3NO3/c1-2-13-9-10-15(11-18(13)23)29-12-17(21(28)14-7-8-14)20(27)16-5-3-4-6-19(16)30-22(24,25)26/h2-6,9-11,14,27-28H,1,7-8,12H2/b21-17-,27-20?. The molecule has 4 nitrogen and oxygen atoms in total. The lowest BCUT2D eigenvalue weighted by molar-refractivity contribution is -0.274. The molecule has 0 aliphatic heterocycles. The third-order valence-electron chi connectivity index (χ3n) is 4.53. The molecule has 0 amide bonds. The maximum absolute atomic E-state index is 12.8. The minimum Gasteiger partial charge on any atom is -0.512 e. The summed E-state index contributed by atoms with van der Waals surface area (Å²) in [6.45, 7) is 3.43. The van der Waals surface area contributed by atoms with Gasteiger partial charge in [-0.15, -0.1) is 13.2 Å². The Balaban J connectivity index is 1.89. The van der Waals surface area contributed by atoms with Gasteiger partial charge >= 0.3 is 6.36 Å². The van der Waals surface area contributed by atoms with Crippen LogP contribution in [0.25, 0.3) is 6.08 Å². The zero-order valence-corrected chi connectivity index (χ0v) is 16.6. The largest absolute Gasteiger partial charge is 0.573 e. The second-order valence-electron chi connectivity index (χ2n) is 6.73. The Kier molecular flexibility index (Phi) is 6.41. The molecule has 2 aromatic rings. The quantitative estimate of drug-likeness (QED) is 0.363. The molecule has 0 saturated heterocycles. The second-order valence-corrected chi connectivity index (χ2v) is 7.14. The summed E-state index contributed by atoms with van der Waals surface area (Å²) < 4.78 is 48.0. The van der Waals surface area contributed by atoms with Crippen LogP contribution in [0, 0.1) is 11.3 Å². The van der Waals surface area contributed by atoms with Crippen molar-refractivity contribution in [1.82, 2.24) is 0 Å². The van der Waals surface area contributed by atoms with E-state index < -0.39 is 12.1 Å². The predicted molar refractivity (Wildman–Crippen MR) is 109 cm³/mol. The van der Waals surface area contributed by atoms with Crippen molar-refractivity contribution in [1.29, 1.82) is 5.41 Å². The van der Waals surface area contributed by atoms with Crippen molar-refractivity contribution in [2.24, 2.45) is 5.92 Å². The summed E-state index contributed by atoms with van der Waals surface area (Å²) in [7, 11) is 0. The molecule has 0 heterocycles. The first-order chi connectivity index (χ1) is 14.2. The molecular weight excluding hydrogens is 419 g/mol. The van der Waals surface area contributed by atoms with Gasteiger partial charge in [-0.25, -0.2) is 0 Å². The fourth-order valence-electron chi connectivity index (χ4n) is 2.85. The van der Waals surface area contributed by atoms with Crippen molar-refractivity contribution in [3.63, 3.8) is 0 Å². The van der Waals surface area contributed by atoms with Gasteiger partial charge < -0.3 is 14.6 Å². The zero-order valence-electron chi connectivity index (χ0n) is 15.8. The average molecular weight is 438 g/mol. The van der Waals surface area contributed by atoms with Crippen LogP contribution in [0.5, 0.6) is 11.5 Å². The highest BCUT2D eigenvalue weighted by Crippen LogP contribution is 2.38. The van der Waals surface area contributed by atoms with Crippen molar-refractivity contribution >= 4 is 23.4 Å². The Bertz CT molecular complexity index is 997. The molecule has 0 bridgehead atoms. The SMILES string of the molecule is C=Cc1ccc(OC/C(C(=N)c2ccccc2OC(F)(F)F)=C(/O)C2CC2)cc1Cl. The Morgan fingerprint density at radius 2 is 1.93 bits per heavy atom. The van der Waals surface area contributed by atoms with Crippen LogP contribution in [-0.4, -0.2) is 23.8 Å². The van der Waals surface area contributed by atoms with Gasteiger partial charge in [-0.3, -0.25) is 5.41 Å². The van der Waals surface area contributed by atoms with Gasteiger partial charge in [0, 0.05) is 11.5 Å². The molecule has 1 saturated carbocycles. The van der Waals surface area contributed by atoms with E-state index in [0.717, 1.165) is 18.9 Å². The molecule has 0 unspecified atom stereocenters. The smallest absolute Gasteiger partial charge is 0.512 e. The molecule has 0 spiro atoms. The van der Waals surface area contributed by atoms with Crippen LogP contribution < -0.4 is 9.47 Å². The van der Waals surface area contributed by atoms with Gasteiger partial charge in [0.25, 0.3) is 0 Å². The minimum absolute atomic E-state index is 0.0596. The number of ether oxygens (including phenoxy) is 2. The topological polar surface area (TPSA) is 62.5 Å². The van der Waals surface area contributed by atoms with Gasteiger partial charge in [0.2, 0.25) is 0 Å². The summed E-state index contributed by atoms with van der Waals surface area (Å²) in [4.78, 5) is 0. The minimum atomic E-state index is -4.90. The number of halogens is 4. The highest BCUT2D eigenvalue weighted by atomic mass is 35.5. The van der Waals surface area contributed by atoms with Crippen LogP contribution in [0.4, 0.5) is 13.2 Å². The van der Waals surface area contributed by atoms with Crippen molar-refractivity contribution in [2.45, 2.75) is 19.2 Å². The highest BCUT2D eigenvalue weighted by Gasteiger charge is 2.34. The summed E-state index contributed by atoms with van der Waals surface area (Å²) in [6.07, 6.45) is -1.84. The molecule has 30 heavy (non-hydrogen) atoms. The number of aliphatic hydroxyl groups excluding tert-OH is 1. The molecule has 3 rings (SSSR count). The third-order valence-corrected chi connectivity index (χ3v) is 4.86. The van der Waals surface area contributed by atoms with Crippen LogP contribution in [0.1, 0.15) is 24.0 Å². The Morgan fingerprint density at radius 3 is 2.53 bits per heavy atom. The number of aliphatic hydroxyl groups is 1. The van der Waals surface area contributed by atoms with Gasteiger partial charge in [-0.1, -0.05) is 36.4 Å². The summed E-state index contributed by atoms with van der Waals surface area (Å²) in [6, 6.07) is 10.2. The fraction of sp³-hybridized carbons (Fsp3) is 0.227. The summed E-state index contributed by atoms with van der Waals surface area (Å²) in [5, 5.41) is 19.5. The van der Waals surface area contributed by atoms with Gasteiger partial charge in [-0.2, -0.15) is 0 Å². The molecule has 0 radical (unpaired) electrons. The molecule has 0 atom stereocenters. The van der Waals surface area contributed by atoms with Crippen LogP contribution in [0.15, 0.2) is 60.4 Å². The number of hydrogen-bond acceptors (Lipinski definition) is 4. The fourth-order valence-corrected chi connectivity index (χ4v) is 3.09. The first-order valence-electron chi connectivity index (χ1n) is 9.10. The van der Waals surface area contributed by atoms with Crippen LogP contribution >= 0.6 is 11.6 Å². The molecule has 158 valence electrons. The van der Waals surface area contributed by atoms with Crippen LogP contribution in [0.3, 0.4) is 0 Å². The summed E-state index contributed by atoms with van der Waals surface area (Å²) in [5.74, 6) is -0.323. The van der Waals surface area contributed by atoms with E-state index in [4.69, 9.17) is 21.7 Å². The summed E-state index contributed by atoms with van der Waals surface area (Å²) >= 11 is 6.13. The normalized spacial score (nSPS) is 14.7. The van der Waals surface area contributed by atoms with E-state index in [1.165, 1.54) is 18.2 Å². The van der Waals surface area contributed by atoms with Gasteiger partial charge in [0.15, 0.2) is 0 Å². The van der Waals surface area contributed by atoms with E-state index in [1.807, 2.05) is 0 Å². The van der Waals surface area contributed by atoms with E-state index in [1.54, 1.807) is 24.3 Å². The molecule has 1 aliphatic carbocycles. The number of rotatable bonds is 8. The first-order valence-corrected chi connectivity index (χ1v) is 9.48. The van der Waals surface area contributed by atoms with E-state index in [-0.39, 0.29) is 35.1 Å². The molecule has 1 aliphatic rings. The summed E-state index contributed by atoms with van der Waals surface area (Å²) in [5.41, 5.74) is 0.417. The molecular formula is C22H19ClF3NO3. The number of benzene rings is 2. The van der Waals surface area contributed by atoms with Crippen molar-refractivity contribution in [2.75, 3.05) is 6.61 Å². The average Bonchev–Trinajstić information content (AvgIpc) is 3.52. The maximum atomic E-state index is 12.8. The van der Waals surface area contributed by atoms with E-state index in [2.05, 4.69) is 11.3 Å². The molecule has 2 N–H and O–H groups in total. The second kappa shape index (κ2) is 8.83. The van der Waals surface area contributed by atoms with Crippen molar-refractivity contribution < 1.29 is 27.8 Å². The Hall–Kier alpha value is -2.93. The Morgan fingerprint density at radius 1 is 1.23 bits per heavy atom. The Labute approximate surface area is 176 Å². The molecule has 2 aromatic carbocycles. The van der Waals surface area contributed by atoms with Crippen molar-refractivity contribution in [3.05, 3.63) is 76.5 Å². The lowest BCUT2D eigenvalue weighted by Crippen LogP contribution is -2.21. The van der Waals surface area contributed by atoms with Gasteiger partial charge in [0.1, 0.15) is 23.9 Å². The molecule has 1 fully saturated rings. The lowest BCUT2D eigenvalue weighted by atomic mass is 9.99. The van der Waals surface area contributed by atoms with Crippen molar-refractivity contribution in [3.8, 4) is 11.5 Å². The number of nitrogens with one attached hydrogen (secondary N) is 1. The highest BCUT2D eigenvalue weighted by molar-refractivity contribution is 6.32. The maximum Gasteiger partial charge on any atom is 0.573 e. The first kappa shape index (κ1) is 21.8. The third kappa shape index (κ3) is 5.36.